The number of aromatic hydroxyl groups is 2. The van der Waals surface area contributed by atoms with Crippen LogP contribution in [0.5, 0.6) is 11.5 Å². The summed E-state index contributed by atoms with van der Waals surface area (Å²) in [6.07, 6.45) is 17.9. The highest BCUT2D eigenvalue weighted by Crippen LogP contribution is 2.40. The molecule has 0 aromatic heterocycles. The minimum Gasteiger partial charge on any atom is -0.508 e. The van der Waals surface area contributed by atoms with Crippen molar-refractivity contribution in [1.82, 2.24) is 0 Å². The first kappa shape index (κ1) is 41.9. The Morgan fingerprint density at radius 1 is 0.875 bits per heavy atom. The molecule has 8 heteroatoms. The Bertz CT molecular complexity index is 1580. The molecule has 0 spiro atoms. The molecule has 0 saturated carbocycles. The maximum absolute atomic E-state index is 10.5. The van der Waals surface area contributed by atoms with Crippen LogP contribution in [0, 0.1) is 5.41 Å². The van der Waals surface area contributed by atoms with Gasteiger partial charge in [0.1, 0.15) is 11.5 Å². The quantitative estimate of drug-likeness (QED) is 0.0990. The number of carboxylic acid groups (broad SMARTS) is 1. The third-order valence-electron chi connectivity index (χ3n) is 7.93. The number of benzene rings is 2. The van der Waals surface area contributed by atoms with Gasteiger partial charge in [0.05, 0.1) is 13.4 Å². The third kappa shape index (κ3) is 15.6. The summed E-state index contributed by atoms with van der Waals surface area (Å²) in [5, 5.41) is 27.5. The second-order valence-electron chi connectivity index (χ2n) is 12.4. The molecule has 0 bridgehead atoms. The van der Waals surface area contributed by atoms with Crippen LogP contribution >= 0.6 is 0 Å². The van der Waals surface area contributed by atoms with Crippen molar-refractivity contribution in [2.75, 3.05) is 13.4 Å². The Hall–Kier alpha value is -4.14. The van der Waals surface area contributed by atoms with Gasteiger partial charge in [0, 0.05) is 6.08 Å². The van der Waals surface area contributed by atoms with E-state index in [0.717, 1.165) is 48.5 Å². The number of allylic oxidation sites excluding steroid dienone is 11. The molecule has 2 aromatic rings. The lowest BCUT2D eigenvalue weighted by Gasteiger charge is -2.32. The van der Waals surface area contributed by atoms with Crippen molar-refractivity contribution in [3.05, 3.63) is 118 Å². The highest BCUT2D eigenvalue weighted by atomic mass is 32.2. The van der Waals surface area contributed by atoms with Gasteiger partial charge in [-0.2, -0.15) is 8.42 Å². The fourth-order valence-electron chi connectivity index (χ4n) is 5.38. The number of rotatable bonds is 10. The zero-order valence-corrected chi connectivity index (χ0v) is 30.8. The van der Waals surface area contributed by atoms with Crippen molar-refractivity contribution < 1.29 is 32.7 Å². The topological polar surface area (TPSA) is 121 Å². The van der Waals surface area contributed by atoms with Gasteiger partial charge in [-0.1, -0.05) is 93.5 Å². The van der Waals surface area contributed by atoms with E-state index in [2.05, 4.69) is 57.9 Å². The van der Waals surface area contributed by atoms with Crippen molar-refractivity contribution in [3.8, 4) is 11.5 Å². The van der Waals surface area contributed by atoms with Crippen LogP contribution in [0.1, 0.15) is 91.7 Å². The molecular weight excluding hydrogens is 625 g/mol. The van der Waals surface area contributed by atoms with E-state index in [9.17, 15) is 23.4 Å². The standard InChI is InChI=1S/C20H28O2.C18H20O2.C2H6O3S/c1-15(8-6-9-16(2)14-19(21)22)11-12-18-17(3)10-7-13-20(18,4)5;1-3-17(13-5-9-15(19)10-6-13)18(4-2)14-7-11-16(20)12-8-14;1-5-6(2,3)4/h6,8-9,11-12,14H,7,10,13H2,1-5H3,(H,21,22);5-12,19-20H,3-4H2,1-2H3;1-2H3/b9-6+,12-11+,15-8+,16-14+;18-17+;. The Labute approximate surface area is 288 Å². The van der Waals surface area contributed by atoms with Crippen LogP contribution in [0.4, 0.5) is 0 Å². The van der Waals surface area contributed by atoms with E-state index in [1.54, 1.807) is 37.3 Å². The van der Waals surface area contributed by atoms with Crippen LogP contribution in [-0.2, 0) is 19.1 Å². The van der Waals surface area contributed by atoms with Crippen molar-refractivity contribution in [2.45, 2.75) is 80.6 Å². The van der Waals surface area contributed by atoms with Gasteiger partial charge in [-0.05, 0) is 116 Å². The first-order valence-corrected chi connectivity index (χ1v) is 18.0. The molecule has 1 aliphatic rings. The summed E-state index contributed by atoms with van der Waals surface area (Å²) in [6, 6.07) is 14.7. The number of phenolic OH excluding ortho intramolecular Hbond substituents is 2. The normalized spacial score (nSPS) is 15.8. The number of carboxylic acids is 1. The van der Waals surface area contributed by atoms with E-state index in [1.165, 1.54) is 47.6 Å². The first-order valence-electron chi connectivity index (χ1n) is 16.1. The van der Waals surface area contributed by atoms with E-state index in [4.69, 9.17) is 5.11 Å². The van der Waals surface area contributed by atoms with Gasteiger partial charge in [-0.15, -0.1) is 0 Å². The summed E-state index contributed by atoms with van der Waals surface area (Å²) in [5.74, 6) is -0.344. The largest absolute Gasteiger partial charge is 0.508 e. The van der Waals surface area contributed by atoms with Gasteiger partial charge in [-0.25, -0.2) is 4.79 Å². The summed E-state index contributed by atoms with van der Waals surface area (Å²) in [6.45, 7) is 15.0. The molecular formula is C40H54O7S. The van der Waals surface area contributed by atoms with Gasteiger partial charge in [0.15, 0.2) is 0 Å². The van der Waals surface area contributed by atoms with Crippen LogP contribution < -0.4 is 0 Å². The second kappa shape index (κ2) is 20.3. The molecule has 0 fully saturated rings. The smallest absolute Gasteiger partial charge is 0.328 e. The number of aliphatic carboxylic acids is 1. The second-order valence-corrected chi connectivity index (χ2v) is 14.1. The van der Waals surface area contributed by atoms with Crippen molar-refractivity contribution in [3.63, 3.8) is 0 Å². The van der Waals surface area contributed by atoms with E-state index < -0.39 is 16.1 Å². The number of hydrogen-bond donors (Lipinski definition) is 3. The summed E-state index contributed by atoms with van der Waals surface area (Å²) in [5.41, 5.74) is 9.92. The number of hydrogen-bond acceptors (Lipinski definition) is 6. The third-order valence-corrected chi connectivity index (χ3v) is 8.54. The molecule has 0 aliphatic heterocycles. The minimum atomic E-state index is -3.16. The van der Waals surface area contributed by atoms with Crippen LogP contribution in [0.25, 0.3) is 11.1 Å². The lowest BCUT2D eigenvalue weighted by Crippen LogP contribution is -2.19. The molecule has 7 nitrogen and oxygen atoms in total. The van der Waals surface area contributed by atoms with Crippen LogP contribution in [0.2, 0.25) is 0 Å². The molecule has 0 radical (unpaired) electrons. The molecule has 2 aromatic carbocycles. The molecule has 48 heavy (non-hydrogen) atoms. The monoisotopic (exact) mass is 678 g/mol. The number of carbonyl (C=O) groups is 1. The maximum atomic E-state index is 10.5. The lowest BCUT2D eigenvalue weighted by atomic mass is 9.72. The van der Waals surface area contributed by atoms with Crippen molar-refractivity contribution in [1.29, 1.82) is 0 Å². The molecule has 0 saturated heterocycles. The fourth-order valence-corrected chi connectivity index (χ4v) is 5.38. The SMILES string of the molecule is CC/C(=C(/CC)c1ccc(O)cc1)c1ccc(O)cc1.CC1=C(/C=C/C(C)=C/C=C/C(C)=C/C(=O)O)C(C)(C)CCC1.COS(C)(=O)=O. The Balaban J connectivity index is 0.000000412. The van der Waals surface area contributed by atoms with Crippen molar-refractivity contribution in [2.24, 2.45) is 5.41 Å². The summed E-state index contributed by atoms with van der Waals surface area (Å²) in [7, 11) is -2.04. The van der Waals surface area contributed by atoms with Gasteiger partial charge < -0.3 is 15.3 Å². The highest BCUT2D eigenvalue weighted by molar-refractivity contribution is 7.85. The molecule has 3 N–H and O–H groups in total. The molecule has 0 heterocycles. The number of phenols is 2. The van der Waals surface area contributed by atoms with E-state index in [-0.39, 0.29) is 16.9 Å². The molecule has 0 amide bonds. The van der Waals surface area contributed by atoms with Gasteiger partial charge >= 0.3 is 5.97 Å². The fraction of sp³-hybridized carbons (Fsp3) is 0.375. The van der Waals surface area contributed by atoms with E-state index in [0.29, 0.717) is 0 Å². The average molecular weight is 679 g/mol. The van der Waals surface area contributed by atoms with Gasteiger partial charge in [-0.3, -0.25) is 4.18 Å². The molecule has 1 aliphatic carbocycles. The van der Waals surface area contributed by atoms with Gasteiger partial charge in [0.25, 0.3) is 10.1 Å². The van der Waals surface area contributed by atoms with Crippen LogP contribution in [0.3, 0.4) is 0 Å². The first-order chi connectivity index (χ1) is 22.4. The predicted molar refractivity (Wildman–Crippen MR) is 199 cm³/mol. The Morgan fingerprint density at radius 2 is 1.33 bits per heavy atom. The predicted octanol–water partition coefficient (Wildman–Crippen LogP) is 10.0. The molecule has 3 rings (SSSR count). The molecule has 262 valence electrons. The molecule has 0 atom stereocenters. The highest BCUT2D eigenvalue weighted by Gasteiger charge is 2.26. The van der Waals surface area contributed by atoms with Gasteiger partial charge in [0.2, 0.25) is 0 Å². The summed E-state index contributed by atoms with van der Waals surface area (Å²) >= 11 is 0. The lowest BCUT2D eigenvalue weighted by molar-refractivity contribution is -0.131. The van der Waals surface area contributed by atoms with E-state index in [1.807, 2.05) is 36.4 Å². The maximum Gasteiger partial charge on any atom is 0.328 e. The Morgan fingerprint density at radius 3 is 1.71 bits per heavy atom. The Kier molecular flexibility index (Phi) is 17.7. The zero-order chi connectivity index (χ0) is 36.5. The summed E-state index contributed by atoms with van der Waals surface area (Å²) < 4.78 is 23.5. The van der Waals surface area contributed by atoms with E-state index >= 15 is 0 Å². The zero-order valence-electron chi connectivity index (χ0n) is 30.0. The van der Waals surface area contributed by atoms with Crippen LogP contribution in [0.15, 0.2) is 107 Å². The minimum absolute atomic E-state index is 0.260. The summed E-state index contributed by atoms with van der Waals surface area (Å²) in [4.78, 5) is 10.5. The van der Waals surface area contributed by atoms with Crippen molar-refractivity contribution >= 4 is 27.2 Å². The average Bonchev–Trinajstić information content (AvgIpc) is 3.00. The van der Waals surface area contributed by atoms with Crippen LogP contribution in [-0.4, -0.2) is 43.1 Å². The molecule has 0 unspecified atom stereocenters.